The molecule has 2 aromatic rings. The number of rotatable bonds is 3. The number of hydrogen-bond acceptors (Lipinski definition) is 4. The molecule has 0 aromatic heterocycles. The van der Waals surface area contributed by atoms with Crippen molar-refractivity contribution in [2.24, 2.45) is 17.8 Å². The Morgan fingerprint density at radius 2 is 1.75 bits per heavy atom. The molecule has 4 rings (SSSR count). The molecule has 0 N–H and O–H groups in total. The second-order valence-electron chi connectivity index (χ2n) is 7.54. The molecule has 1 aliphatic heterocycles. The Labute approximate surface area is 168 Å². The number of nitrogens with zero attached hydrogens (tertiary/aromatic N) is 1. The summed E-state index contributed by atoms with van der Waals surface area (Å²) < 4.78 is 5.42. The van der Waals surface area contributed by atoms with Gasteiger partial charge in [0.05, 0.1) is 23.1 Å². The third-order valence-electron chi connectivity index (χ3n) is 5.55. The lowest BCUT2D eigenvalue weighted by molar-refractivity contribution is -0.122. The highest BCUT2D eigenvalue weighted by atomic mass is 35.5. The smallest absolute Gasteiger partial charge is 0.343 e. The number of halogens is 1. The van der Waals surface area contributed by atoms with Crippen LogP contribution < -0.4 is 9.64 Å². The zero-order valence-electron chi connectivity index (χ0n) is 15.4. The van der Waals surface area contributed by atoms with E-state index in [1.807, 2.05) is 0 Å². The molecule has 2 aliphatic rings. The normalized spacial score (nSPS) is 24.2. The fourth-order valence-corrected chi connectivity index (χ4v) is 4.21. The second kappa shape index (κ2) is 7.40. The predicted molar refractivity (Wildman–Crippen MR) is 105 cm³/mol. The maximum Gasteiger partial charge on any atom is 0.343 e. The van der Waals surface area contributed by atoms with E-state index in [4.69, 9.17) is 16.3 Å². The van der Waals surface area contributed by atoms with E-state index in [1.165, 1.54) is 4.90 Å². The van der Waals surface area contributed by atoms with Gasteiger partial charge in [0.2, 0.25) is 11.8 Å². The molecule has 0 bridgehead atoms. The first kappa shape index (κ1) is 18.7. The van der Waals surface area contributed by atoms with Crippen LogP contribution in [0.25, 0.3) is 0 Å². The van der Waals surface area contributed by atoms with Gasteiger partial charge in [-0.15, -0.1) is 0 Å². The van der Waals surface area contributed by atoms with Crippen LogP contribution in [0.3, 0.4) is 0 Å². The van der Waals surface area contributed by atoms with Crippen LogP contribution >= 0.6 is 11.6 Å². The lowest BCUT2D eigenvalue weighted by atomic mass is 9.76. The van der Waals surface area contributed by atoms with Gasteiger partial charge in [0.15, 0.2) is 0 Å². The molecule has 1 saturated heterocycles. The molecule has 5 nitrogen and oxygen atoms in total. The largest absolute Gasteiger partial charge is 0.423 e. The monoisotopic (exact) mass is 397 g/mol. The lowest BCUT2D eigenvalue weighted by Crippen LogP contribution is -2.30. The Bertz CT molecular complexity index is 940. The Morgan fingerprint density at radius 1 is 1.04 bits per heavy atom. The van der Waals surface area contributed by atoms with Crippen molar-refractivity contribution in [1.29, 1.82) is 0 Å². The zero-order valence-corrected chi connectivity index (χ0v) is 16.2. The summed E-state index contributed by atoms with van der Waals surface area (Å²) in [6, 6.07) is 12.9. The van der Waals surface area contributed by atoms with Crippen LogP contribution in [0, 0.1) is 17.8 Å². The molecule has 1 aliphatic carbocycles. The highest BCUT2D eigenvalue weighted by molar-refractivity contribution is 6.30. The summed E-state index contributed by atoms with van der Waals surface area (Å²) in [5, 5.41) is 0.528. The Hall–Kier alpha value is -2.66. The Morgan fingerprint density at radius 3 is 2.50 bits per heavy atom. The van der Waals surface area contributed by atoms with Crippen LogP contribution in [0.15, 0.2) is 48.5 Å². The standard InChI is InChI=1S/C22H20ClNO4/c1-13-5-10-18-19(11-13)21(26)24(20(18)25)16-3-2-4-17(12-16)28-22(27)14-6-8-15(23)9-7-14/h2-4,6-9,12-13,18-19H,5,10-11H2,1H3/t13-,18+,19+/m0/s1. The third-order valence-corrected chi connectivity index (χ3v) is 5.81. The molecule has 0 unspecified atom stereocenters. The molecule has 2 aromatic carbocycles. The van der Waals surface area contributed by atoms with Crippen LogP contribution in [-0.4, -0.2) is 17.8 Å². The van der Waals surface area contributed by atoms with Gasteiger partial charge in [0.25, 0.3) is 0 Å². The molecule has 0 radical (unpaired) electrons. The minimum absolute atomic E-state index is 0.150. The van der Waals surface area contributed by atoms with Crippen molar-refractivity contribution >= 4 is 35.1 Å². The number of fused-ring (bicyclic) bond motifs is 1. The third kappa shape index (κ3) is 3.42. The zero-order chi connectivity index (χ0) is 19.8. The fourth-order valence-electron chi connectivity index (χ4n) is 4.08. The number of anilines is 1. The van der Waals surface area contributed by atoms with Crippen LogP contribution in [0.2, 0.25) is 5.02 Å². The molecule has 28 heavy (non-hydrogen) atoms. The van der Waals surface area contributed by atoms with Gasteiger partial charge in [-0.2, -0.15) is 0 Å². The molecular weight excluding hydrogens is 378 g/mol. The van der Waals surface area contributed by atoms with Crippen LogP contribution in [0.5, 0.6) is 5.75 Å². The summed E-state index contributed by atoms with van der Waals surface area (Å²) in [4.78, 5) is 39.3. The molecule has 2 fully saturated rings. The number of hydrogen-bond donors (Lipinski definition) is 0. The van der Waals surface area contributed by atoms with E-state index in [-0.39, 0.29) is 29.4 Å². The van der Waals surface area contributed by atoms with Crippen molar-refractivity contribution in [3.05, 3.63) is 59.1 Å². The number of carbonyl (C=O) groups excluding carboxylic acids is 3. The van der Waals surface area contributed by atoms with E-state index in [9.17, 15) is 14.4 Å². The second-order valence-corrected chi connectivity index (χ2v) is 7.97. The summed E-state index contributed by atoms with van der Waals surface area (Å²) in [6.07, 6.45) is 2.46. The predicted octanol–water partition coefficient (Wildman–Crippen LogP) is 4.48. The van der Waals surface area contributed by atoms with Crippen molar-refractivity contribution in [3.8, 4) is 5.75 Å². The van der Waals surface area contributed by atoms with E-state index in [1.54, 1.807) is 48.5 Å². The van der Waals surface area contributed by atoms with Crippen molar-refractivity contribution in [2.45, 2.75) is 26.2 Å². The van der Waals surface area contributed by atoms with Gasteiger partial charge in [-0.25, -0.2) is 9.69 Å². The summed E-state index contributed by atoms with van der Waals surface area (Å²) in [7, 11) is 0. The summed E-state index contributed by atoms with van der Waals surface area (Å²) in [6.45, 7) is 2.12. The van der Waals surface area contributed by atoms with Crippen LogP contribution in [0.1, 0.15) is 36.5 Å². The van der Waals surface area contributed by atoms with Gasteiger partial charge >= 0.3 is 5.97 Å². The number of carbonyl (C=O) groups is 3. The van der Waals surface area contributed by atoms with Crippen LogP contribution in [-0.2, 0) is 9.59 Å². The SMILES string of the molecule is C[C@H]1CC[C@H]2C(=O)N(c3cccc(OC(=O)c4ccc(Cl)cc4)c3)C(=O)[C@@H]2C1. The van der Waals surface area contributed by atoms with Crippen molar-refractivity contribution in [1.82, 2.24) is 0 Å². The molecule has 6 heteroatoms. The summed E-state index contributed by atoms with van der Waals surface area (Å²) >= 11 is 5.84. The topological polar surface area (TPSA) is 63.7 Å². The summed E-state index contributed by atoms with van der Waals surface area (Å²) in [5.41, 5.74) is 0.807. The molecule has 0 spiro atoms. The van der Waals surface area contributed by atoms with E-state index in [2.05, 4.69) is 6.92 Å². The lowest BCUT2D eigenvalue weighted by Gasteiger charge is -2.25. The molecule has 3 atom stereocenters. The number of ether oxygens (including phenoxy) is 1. The van der Waals surface area contributed by atoms with Gasteiger partial charge < -0.3 is 4.74 Å². The first-order valence-electron chi connectivity index (χ1n) is 9.39. The van der Waals surface area contributed by atoms with E-state index in [0.717, 1.165) is 19.3 Å². The molecular formula is C22H20ClNO4. The average Bonchev–Trinajstić information content (AvgIpc) is 2.92. The summed E-state index contributed by atoms with van der Waals surface area (Å²) in [5.74, 6) is -0.576. The van der Waals surface area contributed by atoms with Gasteiger partial charge in [-0.1, -0.05) is 24.6 Å². The Kier molecular flexibility index (Phi) is 4.94. The van der Waals surface area contributed by atoms with Crippen molar-refractivity contribution < 1.29 is 19.1 Å². The van der Waals surface area contributed by atoms with Crippen molar-refractivity contribution in [3.63, 3.8) is 0 Å². The first-order valence-corrected chi connectivity index (χ1v) is 9.77. The number of esters is 1. The molecule has 2 amide bonds. The minimum atomic E-state index is -0.532. The van der Waals surface area contributed by atoms with Crippen LogP contribution in [0.4, 0.5) is 5.69 Å². The Balaban J connectivity index is 1.55. The van der Waals surface area contributed by atoms with E-state index >= 15 is 0 Å². The number of imide groups is 1. The van der Waals surface area contributed by atoms with E-state index in [0.29, 0.717) is 22.2 Å². The van der Waals surface area contributed by atoms with Gasteiger partial charge in [0.1, 0.15) is 5.75 Å². The molecule has 1 heterocycles. The highest BCUT2D eigenvalue weighted by Gasteiger charge is 2.50. The molecule has 144 valence electrons. The number of benzene rings is 2. The maximum absolute atomic E-state index is 12.9. The minimum Gasteiger partial charge on any atom is -0.423 e. The quantitative estimate of drug-likeness (QED) is 0.435. The highest BCUT2D eigenvalue weighted by Crippen LogP contribution is 2.42. The maximum atomic E-state index is 12.9. The number of amides is 2. The average molecular weight is 398 g/mol. The molecule has 1 saturated carbocycles. The first-order chi connectivity index (χ1) is 13.4. The van der Waals surface area contributed by atoms with Gasteiger partial charge in [-0.3, -0.25) is 9.59 Å². The van der Waals surface area contributed by atoms with Gasteiger partial charge in [-0.05, 0) is 61.6 Å². The fraction of sp³-hybridized carbons (Fsp3) is 0.318. The van der Waals surface area contributed by atoms with Crippen molar-refractivity contribution in [2.75, 3.05) is 4.90 Å². The van der Waals surface area contributed by atoms with E-state index < -0.39 is 5.97 Å². The van der Waals surface area contributed by atoms with Gasteiger partial charge in [0, 0.05) is 11.1 Å².